The Morgan fingerprint density at radius 2 is 1.04 bits per heavy atom. The first kappa shape index (κ1) is 26.5. The smallest absolute Gasteiger partial charge is 0.0137 e. The fourth-order valence-electron chi connectivity index (χ4n) is 10.1. The lowest BCUT2D eigenvalue weighted by Gasteiger charge is -2.34. The second kappa shape index (κ2) is 10.4. The highest BCUT2D eigenvalue weighted by Crippen LogP contribution is 2.59. The Morgan fingerprint density at radius 1 is 0.457 bits per heavy atom. The van der Waals surface area contributed by atoms with Gasteiger partial charge in [0, 0.05) is 23.7 Å². The summed E-state index contributed by atoms with van der Waals surface area (Å²) in [6.07, 6.45) is 27.2. The van der Waals surface area contributed by atoms with Gasteiger partial charge in [-0.15, -0.1) is 0 Å². The standard InChI is InChI=1S/C46H38/c1-2-11-32-28-33(25-20-29(32)10-1)45-41-16-7-5-14-39(41)44(40-15-6-8-17-42(40)45)31-23-21-30(22-24-31)34-26-27-43-36-13-4-3-12-35(36)38-19-9-18-37(34)46(38)43/h1-2,5-11,14-28,35-37,39,41,46H,3-4,12-13H2. The van der Waals surface area contributed by atoms with Gasteiger partial charge >= 0.3 is 0 Å². The summed E-state index contributed by atoms with van der Waals surface area (Å²) in [5.41, 5.74) is 11.8. The van der Waals surface area contributed by atoms with Gasteiger partial charge in [-0.3, -0.25) is 0 Å². The Hall–Kier alpha value is -4.68. The number of rotatable bonds is 3. The largest absolute Gasteiger partial charge is 0.0761 e. The lowest BCUT2D eigenvalue weighted by molar-refractivity contribution is 0.337. The molecule has 0 heteroatoms. The minimum Gasteiger partial charge on any atom is -0.0761 e. The van der Waals surface area contributed by atoms with Crippen molar-refractivity contribution in [2.45, 2.75) is 25.7 Å². The molecular weight excluding hydrogens is 553 g/mol. The third-order valence-corrected chi connectivity index (χ3v) is 12.0. The molecule has 2 saturated carbocycles. The summed E-state index contributed by atoms with van der Waals surface area (Å²) in [5.74, 6) is 3.19. The molecule has 0 saturated heterocycles. The SMILES string of the molecule is C1=CC2C(c3ccc(C4=CC=C5C6CCCCC6C6=CC=CC4C65)cc3)=c3ccccc3=C(c3ccc4ccccc4c3)C2C=C1. The van der Waals surface area contributed by atoms with Gasteiger partial charge in [0.1, 0.15) is 0 Å². The molecule has 6 unspecified atom stereocenters. The van der Waals surface area contributed by atoms with E-state index in [-0.39, 0.29) is 0 Å². The molecule has 0 aromatic heterocycles. The zero-order valence-corrected chi connectivity index (χ0v) is 26.1. The van der Waals surface area contributed by atoms with Crippen LogP contribution in [0.15, 0.2) is 157 Å². The number of fused-ring (bicyclic) bond motifs is 6. The average Bonchev–Trinajstić information content (AvgIpc) is 3.45. The minimum atomic E-state index is 0.294. The Kier molecular flexibility index (Phi) is 6.01. The first-order chi connectivity index (χ1) is 22.8. The molecule has 0 radical (unpaired) electrons. The van der Waals surface area contributed by atoms with Crippen LogP contribution in [0.4, 0.5) is 0 Å². The van der Waals surface area contributed by atoms with Crippen LogP contribution in [0.1, 0.15) is 42.4 Å². The van der Waals surface area contributed by atoms with Crippen molar-refractivity contribution in [3.63, 3.8) is 0 Å². The number of hydrogen-bond acceptors (Lipinski definition) is 0. The van der Waals surface area contributed by atoms with E-state index in [1.54, 1.807) is 11.1 Å². The molecule has 0 heterocycles. The van der Waals surface area contributed by atoms with Crippen LogP contribution in [0.5, 0.6) is 0 Å². The van der Waals surface area contributed by atoms with Crippen molar-refractivity contribution in [2.24, 2.45) is 35.5 Å². The van der Waals surface area contributed by atoms with Crippen molar-refractivity contribution in [2.75, 3.05) is 0 Å². The van der Waals surface area contributed by atoms with Crippen LogP contribution >= 0.6 is 0 Å². The van der Waals surface area contributed by atoms with Crippen molar-refractivity contribution in [3.8, 4) is 0 Å². The van der Waals surface area contributed by atoms with E-state index in [4.69, 9.17) is 0 Å². The van der Waals surface area contributed by atoms with Crippen LogP contribution in [0.3, 0.4) is 0 Å². The highest BCUT2D eigenvalue weighted by Gasteiger charge is 2.48. The van der Waals surface area contributed by atoms with Crippen molar-refractivity contribution in [1.82, 2.24) is 0 Å². The predicted molar refractivity (Wildman–Crippen MR) is 192 cm³/mol. The second-order valence-corrected chi connectivity index (χ2v) is 14.2. The third-order valence-electron chi connectivity index (χ3n) is 12.0. The summed E-state index contributed by atoms with van der Waals surface area (Å²) in [7, 11) is 0. The topological polar surface area (TPSA) is 0 Å². The summed E-state index contributed by atoms with van der Waals surface area (Å²) < 4.78 is 0. The molecule has 2 fully saturated rings. The quantitative estimate of drug-likeness (QED) is 0.223. The molecule has 0 spiro atoms. The first-order valence-corrected chi connectivity index (χ1v) is 17.4. The minimum absolute atomic E-state index is 0.294. The molecule has 6 atom stereocenters. The number of hydrogen-bond donors (Lipinski definition) is 0. The van der Waals surface area contributed by atoms with E-state index in [9.17, 15) is 0 Å². The van der Waals surface area contributed by atoms with Gasteiger partial charge in [-0.2, -0.15) is 0 Å². The maximum atomic E-state index is 2.52. The van der Waals surface area contributed by atoms with Gasteiger partial charge in [0.25, 0.3) is 0 Å². The fourth-order valence-corrected chi connectivity index (χ4v) is 10.1. The molecule has 0 amide bonds. The molecule has 10 rings (SSSR count). The highest BCUT2D eigenvalue weighted by atomic mass is 14.5. The third kappa shape index (κ3) is 3.92. The van der Waals surface area contributed by atoms with E-state index in [1.165, 1.54) is 80.3 Å². The van der Waals surface area contributed by atoms with Crippen molar-refractivity contribution >= 4 is 27.5 Å². The molecule has 0 bridgehead atoms. The summed E-state index contributed by atoms with van der Waals surface area (Å²) in [6.45, 7) is 0. The molecule has 0 N–H and O–H groups in total. The Bertz CT molecular complexity index is 2230. The van der Waals surface area contributed by atoms with E-state index in [1.807, 2.05) is 0 Å². The van der Waals surface area contributed by atoms with E-state index in [0.29, 0.717) is 23.7 Å². The van der Waals surface area contributed by atoms with Crippen molar-refractivity contribution in [3.05, 3.63) is 184 Å². The van der Waals surface area contributed by atoms with E-state index < -0.39 is 0 Å². The van der Waals surface area contributed by atoms with Crippen LogP contribution in [-0.4, -0.2) is 0 Å². The van der Waals surface area contributed by atoms with Gasteiger partial charge in [0.05, 0.1) is 0 Å². The van der Waals surface area contributed by atoms with Gasteiger partial charge in [0.15, 0.2) is 0 Å². The predicted octanol–water partition coefficient (Wildman–Crippen LogP) is 9.48. The molecule has 0 nitrogen and oxygen atoms in total. The van der Waals surface area contributed by atoms with Crippen LogP contribution in [0.25, 0.3) is 27.5 Å². The Morgan fingerprint density at radius 3 is 1.78 bits per heavy atom. The maximum absolute atomic E-state index is 2.52. The molecule has 6 aliphatic rings. The van der Waals surface area contributed by atoms with Gasteiger partial charge in [0.2, 0.25) is 0 Å². The zero-order chi connectivity index (χ0) is 30.2. The maximum Gasteiger partial charge on any atom is 0.0137 e. The zero-order valence-electron chi connectivity index (χ0n) is 26.1. The summed E-state index contributed by atoms with van der Waals surface area (Å²) >= 11 is 0. The Labute approximate surface area is 271 Å². The molecule has 4 aromatic carbocycles. The Balaban J connectivity index is 1.09. The van der Waals surface area contributed by atoms with E-state index in [2.05, 4.69) is 146 Å². The molecule has 4 aromatic rings. The van der Waals surface area contributed by atoms with Crippen molar-refractivity contribution in [1.29, 1.82) is 0 Å². The summed E-state index contributed by atoms with van der Waals surface area (Å²) in [5, 5.41) is 5.32. The molecule has 222 valence electrons. The van der Waals surface area contributed by atoms with Gasteiger partial charge in [-0.25, -0.2) is 0 Å². The van der Waals surface area contributed by atoms with Crippen molar-refractivity contribution < 1.29 is 0 Å². The lowest BCUT2D eigenvalue weighted by Crippen LogP contribution is -2.40. The molecule has 0 aliphatic heterocycles. The van der Waals surface area contributed by atoms with Gasteiger partial charge < -0.3 is 0 Å². The fraction of sp³-hybridized carbons (Fsp3) is 0.217. The first-order valence-electron chi connectivity index (χ1n) is 17.4. The lowest BCUT2D eigenvalue weighted by atomic mass is 9.69. The van der Waals surface area contributed by atoms with Crippen LogP contribution in [0.2, 0.25) is 0 Å². The normalized spacial score (nSPS) is 28.6. The monoisotopic (exact) mass is 590 g/mol. The van der Waals surface area contributed by atoms with Gasteiger partial charge in [-0.1, -0.05) is 164 Å². The summed E-state index contributed by atoms with van der Waals surface area (Å²) in [6, 6.07) is 34.5. The van der Waals surface area contributed by atoms with Crippen LogP contribution in [-0.2, 0) is 0 Å². The summed E-state index contributed by atoms with van der Waals surface area (Å²) in [4.78, 5) is 0. The van der Waals surface area contributed by atoms with Crippen LogP contribution < -0.4 is 10.4 Å². The van der Waals surface area contributed by atoms with Crippen LogP contribution in [0, 0.1) is 35.5 Å². The molecule has 6 aliphatic carbocycles. The molecular formula is C46H38. The second-order valence-electron chi connectivity index (χ2n) is 14.2. The molecule has 46 heavy (non-hydrogen) atoms. The van der Waals surface area contributed by atoms with E-state index >= 15 is 0 Å². The van der Waals surface area contributed by atoms with E-state index in [0.717, 1.165) is 11.8 Å². The van der Waals surface area contributed by atoms with Gasteiger partial charge in [-0.05, 0) is 85.4 Å². The number of allylic oxidation sites excluding steroid dienone is 12. The highest BCUT2D eigenvalue weighted by molar-refractivity contribution is 5.89. The number of benzene rings is 4. The average molecular weight is 591 g/mol.